The molecule has 5 N–H and O–H groups in total. The molecule has 25 nitrogen and oxygen atoms in total. The maximum atomic E-state index is 13.5. The van der Waals surface area contributed by atoms with Gasteiger partial charge in [-0.3, -0.25) is 44.0 Å². The van der Waals surface area contributed by atoms with Gasteiger partial charge in [-0.25, -0.2) is 24.1 Å². The average Bonchev–Trinajstić information content (AvgIpc) is 1.62. The summed E-state index contributed by atoms with van der Waals surface area (Å²) in [5, 5.41) is 42.1. The Labute approximate surface area is 586 Å². The maximum Gasteiger partial charge on any atom is 0.410 e. The van der Waals surface area contributed by atoms with Crippen LogP contribution in [0.5, 0.6) is 0 Å². The standard InChI is InChI=1S/C26H28N6O3.C26H27N5O4.C22H21BrN4O3/c1-17-24(23(34)16-30-10-7-21(33)8-11-30)25-22(32(17)20-5-3-19(27-2)4-6-20)13-18(14-29-25)15-31-12-9-28-26(31)35;1-17-24(23(33)16-29-9-7-21(32)8-10-29)25-22(31(17)20-5-3-19(27-2)4-6-20)13-18(14-28-25)15-30-11-12-35-26(30)34;1-13-21(20(30)12-26-8-7-18(28)19(29)11-26)22-17(9-14(23)10-25-22)27(13)16-5-3-15(24-2)4-6-16/h3-6,13-14,21,33H,7-12,15-16H2,1H3,(H,28,35);3-6,13-14,21,32H,7-12,15-16H2,1H3;3-6,9-10,18-19,28-29H,7-8,11-12H2,1H3/t;;18-,19+/m..1/s1. The van der Waals surface area contributed by atoms with Crippen LogP contribution in [0.2, 0.25) is 0 Å². The molecule has 5 fully saturated rings. The number of nitrogens with one attached hydrogen (secondary N) is 1. The van der Waals surface area contributed by atoms with E-state index in [1.807, 2.05) is 94.0 Å². The summed E-state index contributed by atoms with van der Waals surface area (Å²) in [4.78, 5) is 98.0. The van der Waals surface area contributed by atoms with Crippen molar-refractivity contribution in [2.24, 2.45) is 0 Å². The second kappa shape index (κ2) is 30.6. The number of aliphatic hydroxyl groups excluding tert-OH is 4. The van der Waals surface area contributed by atoms with E-state index in [9.17, 15) is 44.4 Å². The van der Waals surface area contributed by atoms with Crippen LogP contribution in [0, 0.1) is 40.5 Å². The number of carbonyl (C=O) groups is 5. The van der Waals surface area contributed by atoms with E-state index >= 15 is 0 Å². The summed E-state index contributed by atoms with van der Waals surface area (Å²) in [5.41, 5.74) is 14.2. The molecule has 5 aliphatic rings. The SMILES string of the molecule is [C-]#[N+]c1ccc(-n2c(C)c(C(=O)CN3CCC(O)CC3)c3ncc(CN4CCNC4=O)cc32)cc1.[C-]#[N+]c1ccc(-n2c(C)c(C(=O)CN3CCC(O)CC3)c3ncc(CN4CCOC4=O)cc32)cc1.[C-]#[N+]c1ccc(-n2c(C)c(C(=O)CN3CC[C@@H](O)[C@@H](O)C3)c3ncc(Br)cc32)cc1. The van der Waals surface area contributed by atoms with Crippen LogP contribution in [0.1, 0.15) is 91.4 Å². The summed E-state index contributed by atoms with van der Waals surface area (Å²) >= 11 is 3.46. The molecule has 9 aromatic rings. The van der Waals surface area contributed by atoms with Crippen LogP contribution in [0.25, 0.3) is 64.7 Å². The van der Waals surface area contributed by atoms with Crippen molar-refractivity contribution in [3.8, 4) is 17.1 Å². The lowest BCUT2D eigenvalue weighted by Crippen LogP contribution is -2.48. The van der Waals surface area contributed by atoms with E-state index in [1.165, 1.54) is 0 Å². The first-order valence-corrected chi connectivity index (χ1v) is 34.1. The van der Waals surface area contributed by atoms with Crippen LogP contribution in [0.15, 0.2) is 114 Å². The third kappa shape index (κ3) is 15.1. The summed E-state index contributed by atoms with van der Waals surface area (Å²) in [6.07, 6.45) is 5.75. The Bertz CT molecular complexity index is 4520. The minimum atomic E-state index is -0.843. The number of piperidine rings is 3. The van der Waals surface area contributed by atoms with Gasteiger partial charge in [0.05, 0.1) is 127 Å². The first-order valence-electron chi connectivity index (χ1n) is 33.3. The number of ether oxygens (including phenoxy) is 1. The number of hydrogen-bond donors (Lipinski definition) is 5. The fraction of sp³-hybridized carbons (Fsp3) is 0.365. The first-order chi connectivity index (χ1) is 48.3. The van der Waals surface area contributed by atoms with Crippen LogP contribution < -0.4 is 5.32 Å². The number of fused-ring (bicyclic) bond motifs is 3. The molecular formula is C74H76BrN15O10. The van der Waals surface area contributed by atoms with Gasteiger partial charge in [0.2, 0.25) is 0 Å². The first kappa shape index (κ1) is 69.8. The second-order valence-corrected chi connectivity index (χ2v) is 26.8. The van der Waals surface area contributed by atoms with Crippen molar-refractivity contribution in [1.82, 2.24) is 58.5 Å². The van der Waals surface area contributed by atoms with Crippen LogP contribution in [0.4, 0.5) is 26.7 Å². The number of ketones is 3. The Morgan fingerprint density at radius 3 is 1.29 bits per heavy atom. The molecule has 6 aromatic heterocycles. The highest BCUT2D eigenvalue weighted by Crippen LogP contribution is 2.35. The summed E-state index contributed by atoms with van der Waals surface area (Å²) in [6, 6.07) is 27.5. The molecule has 0 bridgehead atoms. The topological polar surface area (TPSA) is 270 Å². The molecule has 2 atom stereocenters. The molecule has 0 spiro atoms. The molecule has 5 aliphatic heterocycles. The van der Waals surface area contributed by atoms with E-state index in [2.05, 4.69) is 55.5 Å². The predicted octanol–water partition coefficient (Wildman–Crippen LogP) is 9.78. The number of pyridine rings is 3. The van der Waals surface area contributed by atoms with E-state index in [4.69, 9.17) is 29.4 Å². The average molecular weight is 1420 g/mol. The Hall–Kier alpha value is -10.1. The fourth-order valence-electron chi connectivity index (χ4n) is 13.9. The molecule has 5 saturated heterocycles. The molecular weight excluding hydrogens is 1340 g/mol. The zero-order valence-electron chi connectivity index (χ0n) is 55.7. The van der Waals surface area contributed by atoms with Crippen LogP contribution in [-0.4, -0.2) is 213 Å². The van der Waals surface area contributed by atoms with E-state index in [0.717, 1.165) is 66.3 Å². The number of halogens is 1. The van der Waals surface area contributed by atoms with Gasteiger partial charge in [-0.1, -0.05) is 36.4 Å². The number of cyclic esters (lactones) is 1. The van der Waals surface area contributed by atoms with Crippen molar-refractivity contribution < 1.29 is 49.1 Å². The molecule has 26 heteroatoms. The number of hydrogen-bond acceptors (Lipinski definition) is 16. The van der Waals surface area contributed by atoms with Crippen molar-refractivity contribution in [1.29, 1.82) is 0 Å². The molecule has 14 rings (SSSR count). The number of amides is 3. The minimum Gasteiger partial charge on any atom is -0.448 e. The van der Waals surface area contributed by atoms with Crippen molar-refractivity contribution in [3.05, 3.63) is 193 Å². The van der Waals surface area contributed by atoms with Crippen molar-refractivity contribution in [3.63, 3.8) is 0 Å². The lowest BCUT2D eigenvalue weighted by Gasteiger charge is -2.32. The monoisotopic (exact) mass is 1410 g/mol. The summed E-state index contributed by atoms with van der Waals surface area (Å²) in [6.45, 7) is 34.6. The number of β-amino-alcohol motifs (C(OH)–C–C–N with tert-alkyl or cyclic N) is 1. The number of Topliss-reactive ketones (excluding diaryl/α,β-unsaturated/α-hetero) is 3. The zero-order chi connectivity index (χ0) is 70.5. The molecule has 0 unspecified atom stereocenters. The van der Waals surface area contributed by atoms with Crippen LogP contribution in [0.3, 0.4) is 0 Å². The van der Waals surface area contributed by atoms with Crippen molar-refractivity contribution in [2.75, 3.05) is 85.1 Å². The minimum absolute atomic E-state index is 0.000381. The molecule has 3 aromatic carbocycles. The predicted molar refractivity (Wildman–Crippen MR) is 379 cm³/mol. The molecule has 514 valence electrons. The third-order valence-corrected chi connectivity index (χ3v) is 19.6. The third-order valence-electron chi connectivity index (χ3n) is 19.1. The number of rotatable bonds is 16. The Morgan fingerprint density at radius 2 is 0.910 bits per heavy atom. The highest BCUT2D eigenvalue weighted by atomic mass is 79.9. The Kier molecular flexibility index (Phi) is 21.4. The van der Waals surface area contributed by atoms with Gasteiger partial charge in [0.1, 0.15) is 6.61 Å². The van der Waals surface area contributed by atoms with Gasteiger partial charge in [0.15, 0.2) is 34.4 Å². The van der Waals surface area contributed by atoms with Gasteiger partial charge < -0.3 is 54.0 Å². The zero-order valence-corrected chi connectivity index (χ0v) is 57.3. The molecule has 3 amide bonds. The normalized spacial score (nSPS) is 17.9. The molecule has 100 heavy (non-hydrogen) atoms. The van der Waals surface area contributed by atoms with Crippen LogP contribution >= 0.6 is 15.9 Å². The van der Waals surface area contributed by atoms with E-state index in [0.29, 0.717) is 154 Å². The number of aliphatic hydroxyl groups is 4. The fourth-order valence-corrected chi connectivity index (χ4v) is 14.2. The summed E-state index contributed by atoms with van der Waals surface area (Å²) < 4.78 is 11.8. The van der Waals surface area contributed by atoms with Gasteiger partial charge >= 0.3 is 12.1 Å². The number of nitrogens with zero attached hydrogens (tertiary/aromatic N) is 14. The van der Waals surface area contributed by atoms with Crippen molar-refractivity contribution in [2.45, 2.75) is 90.4 Å². The largest absolute Gasteiger partial charge is 0.448 e. The lowest BCUT2D eigenvalue weighted by molar-refractivity contribution is -0.0363. The number of urea groups is 1. The Balaban J connectivity index is 0.000000143. The van der Waals surface area contributed by atoms with Gasteiger partial charge in [-0.15, -0.1) is 0 Å². The van der Waals surface area contributed by atoms with E-state index in [1.54, 1.807) is 64.8 Å². The van der Waals surface area contributed by atoms with E-state index < -0.39 is 12.2 Å². The lowest BCUT2D eigenvalue weighted by atomic mass is 10.0. The summed E-state index contributed by atoms with van der Waals surface area (Å²) in [7, 11) is 0. The van der Waals surface area contributed by atoms with Gasteiger partial charge in [-0.2, -0.15) is 0 Å². The molecule has 0 radical (unpaired) electrons. The Morgan fingerprint density at radius 1 is 0.520 bits per heavy atom. The van der Waals surface area contributed by atoms with Gasteiger partial charge in [0, 0.05) is 116 Å². The number of benzene rings is 3. The smallest absolute Gasteiger partial charge is 0.410 e. The maximum absolute atomic E-state index is 13.5. The second-order valence-electron chi connectivity index (χ2n) is 25.8. The molecule has 0 aliphatic carbocycles. The molecule has 11 heterocycles. The van der Waals surface area contributed by atoms with Crippen LogP contribution in [-0.2, 0) is 17.8 Å². The number of aromatic nitrogens is 6. The van der Waals surface area contributed by atoms with Crippen molar-refractivity contribution >= 4 is 95.6 Å². The number of likely N-dealkylation sites (tertiary alicyclic amines) is 3. The van der Waals surface area contributed by atoms with E-state index in [-0.39, 0.29) is 67.9 Å². The quantitative estimate of drug-likeness (QED) is 0.0445. The number of carbonyl (C=O) groups excluding carboxylic acids is 5. The highest BCUT2D eigenvalue weighted by molar-refractivity contribution is 9.10. The van der Waals surface area contributed by atoms with Gasteiger partial charge in [-0.05, 0) is 135 Å². The summed E-state index contributed by atoms with van der Waals surface area (Å²) in [5.74, 6) is -0.0872. The molecule has 0 saturated carbocycles. The van der Waals surface area contributed by atoms with Gasteiger partial charge in [0.25, 0.3) is 0 Å². The highest BCUT2D eigenvalue weighted by Gasteiger charge is 2.33.